The van der Waals surface area contributed by atoms with Crippen LogP contribution >= 0.6 is 27.3 Å². The average Bonchev–Trinajstić information content (AvgIpc) is 2.77. The van der Waals surface area contributed by atoms with E-state index in [9.17, 15) is 4.79 Å². The molecular weight excluding hydrogens is 280 g/mol. The van der Waals surface area contributed by atoms with Gasteiger partial charge in [-0.3, -0.25) is 10.1 Å². The summed E-state index contributed by atoms with van der Waals surface area (Å²) in [4.78, 5) is 16.2. The Morgan fingerprint density at radius 2 is 2.40 bits per heavy atom. The van der Waals surface area contributed by atoms with Crippen LogP contribution in [0.1, 0.15) is 9.67 Å². The third-order valence-corrected chi connectivity index (χ3v) is 3.36. The maximum atomic E-state index is 11.7. The molecule has 78 valence electrons. The molecule has 0 unspecified atom stereocenters. The fourth-order valence-corrected chi connectivity index (χ4v) is 2.29. The molecule has 0 bridgehead atoms. The zero-order valence-corrected chi connectivity index (χ0v) is 10.2. The molecule has 2 rings (SSSR count). The molecule has 0 aromatic carbocycles. The van der Waals surface area contributed by atoms with Crippen LogP contribution in [0.2, 0.25) is 0 Å². The Morgan fingerprint density at radius 3 is 2.93 bits per heavy atom. The predicted molar refractivity (Wildman–Crippen MR) is 61.0 cm³/mol. The zero-order chi connectivity index (χ0) is 10.8. The first-order valence-electron chi connectivity index (χ1n) is 4.07. The summed E-state index contributed by atoms with van der Waals surface area (Å²) in [5, 5.41) is 6.51. The molecule has 0 saturated heterocycles. The maximum absolute atomic E-state index is 11.7. The van der Waals surface area contributed by atoms with E-state index in [1.165, 1.54) is 22.3 Å². The van der Waals surface area contributed by atoms with Crippen LogP contribution in [-0.4, -0.2) is 20.7 Å². The number of aryl methyl sites for hydroxylation is 1. The second-order valence-electron chi connectivity index (χ2n) is 2.77. The summed E-state index contributed by atoms with van der Waals surface area (Å²) >= 11 is 4.67. The van der Waals surface area contributed by atoms with E-state index in [1.807, 2.05) is 6.07 Å². The summed E-state index contributed by atoms with van der Waals surface area (Å²) < 4.78 is 2.42. The molecule has 0 saturated carbocycles. The van der Waals surface area contributed by atoms with Crippen molar-refractivity contribution in [3.05, 3.63) is 27.1 Å². The number of hydrogen-bond donors (Lipinski definition) is 1. The molecule has 0 atom stereocenters. The molecule has 0 spiro atoms. The fraction of sp³-hybridized carbons (Fsp3) is 0.125. The van der Waals surface area contributed by atoms with Crippen LogP contribution in [0.5, 0.6) is 0 Å². The summed E-state index contributed by atoms with van der Waals surface area (Å²) in [5.74, 6) is 0.256. The predicted octanol–water partition coefficient (Wildman–Crippen LogP) is 1.89. The number of nitrogens with zero attached hydrogens (tertiary/aromatic N) is 3. The van der Waals surface area contributed by atoms with Crippen LogP contribution in [0.4, 0.5) is 5.95 Å². The van der Waals surface area contributed by atoms with Gasteiger partial charge in [0.1, 0.15) is 6.33 Å². The third-order valence-electron chi connectivity index (χ3n) is 1.73. The van der Waals surface area contributed by atoms with Crippen LogP contribution in [0.3, 0.4) is 0 Å². The van der Waals surface area contributed by atoms with E-state index in [0.717, 1.165) is 3.79 Å². The highest BCUT2D eigenvalue weighted by Gasteiger charge is 2.10. The highest BCUT2D eigenvalue weighted by Crippen LogP contribution is 2.22. The lowest BCUT2D eigenvalue weighted by Crippen LogP contribution is -2.13. The average molecular weight is 287 g/mol. The molecule has 0 aliphatic carbocycles. The number of halogens is 1. The maximum Gasteiger partial charge on any atom is 0.268 e. The number of hydrogen-bond acceptors (Lipinski definition) is 4. The van der Waals surface area contributed by atoms with Crippen molar-refractivity contribution in [1.82, 2.24) is 14.8 Å². The van der Waals surface area contributed by atoms with Crippen LogP contribution in [0.25, 0.3) is 0 Å². The Labute approximate surface area is 98.3 Å². The normalized spacial score (nSPS) is 10.3. The minimum Gasteiger partial charge on any atom is -0.290 e. The molecule has 2 aromatic rings. The summed E-state index contributed by atoms with van der Waals surface area (Å²) in [5.41, 5.74) is 0. The van der Waals surface area contributed by atoms with Gasteiger partial charge < -0.3 is 0 Å². The fourth-order valence-electron chi connectivity index (χ4n) is 1.01. The van der Waals surface area contributed by atoms with Crippen molar-refractivity contribution in [2.45, 2.75) is 0 Å². The van der Waals surface area contributed by atoms with Gasteiger partial charge in [0, 0.05) is 7.05 Å². The second-order valence-corrected chi connectivity index (χ2v) is 5.23. The first kappa shape index (κ1) is 10.3. The molecule has 7 heteroatoms. The highest BCUT2D eigenvalue weighted by atomic mass is 79.9. The zero-order valence-electron chi connectivity index (χ0n) is 7.77. The summed E-state index contributed by atoms with van der Waals surface area (Å²) in [7, 11) is 1.72. The summed E-state index contributed by atoms with van der Waals surface area (Å²) in [6, 6.07) is 3.58. The highest BCUT2D eigenvalue weighted by molar-refractivity contribution is 9.11. The first-order valence-corrected chi connectivity index (χ1v) is 5.68. The van der Waals surface area contributed by atoms with Gasteiger partial charge >= 0.3 is 0 Å². The number of nitrogens with one attached hydrogen (secondary N) is 1. The lowest BCUT2D eigenvalue weighted by atomic mass is 10.4. The summed E-state index contributed by atoms with van der Waals surface area (Å²) in [6.45, 7) is 0. The lowest BCUT2D eigenvalue weighted by molar-refractivity contribution is 0.102. The largest absolute Gasteiger partial charge is 0.290 e. The van der Waals surface area contributed by atoms with E-state index < -0.39 is 0 Å². The number of carbonyl (C=O) groups excluding carboxylic acids is 1. The molecule has 5 nitrogen and oxygen atoms in total. The molecule has 0 aliphatic rings. The van der Waals surface area contributed by atoms with Crippen molar-refractivity contribution in [2.24, 2.45) is 7.05 Å². The van der Waals surface area contributed by atoms with Crippen molar-refractivity contribution in [2.75, 3.05) is 5.32 Å². The number of aromatic nitrogens is 3. The topological polar surface area (TPSA) is 59.8 Å². The van der Waals surface area contributed by atoms with Crippen LogP contribution in [-0.2, 0) is 7.05 Å². The SMILES string of the molecule is Cn1ncnc1NC(=O)c1ccc(Br)s1. The smallest absolute Gasteiger partial charge is 0.268 e. The molecule has 2 aromatic heterocycles. The van der Waals surface area contributed by atoms with Crippen molar-refractivity contribution < 1.29 is 4.79 Å². The van der Waals surface area contributed by atoms with Crippen molar-refractivity contribution in [1.29, 1.82) is 0 Å². The van der Waals surface area contributed by atoms with E-state index in [2.05, 4.69) is 31.3 Å². The molecule has 0 fully saturated rings. The number of anilines is 1. The van der Waals surface area contributed by atoms with Gasteiger partial charge in [-0.25, -0.2) is 4.68 Å². The standard InChI is InChI=1S/C8H7BrN4OS/c1-13-8(10-4-11-13)12-7(14)5-2-3-6(9)15-5/h2-4H,1H3,(H,10,11,12,14). The summed E-state index contributed by atoms with van der Waals surface area (Å²) in [6.07, 6.45) is 1.39. The van der Waals surface area contributed by atoms with Gasteiger partial charge in [0.15, 0.2) is 0 Å². The van der Waals surface area contributed by atoms with E-state index in [1.54, 1.807) is 13.1 Å². The molecule has 2 heterocycles. The van der Waals surface area contributed by atoms with Gasteiger partial charge in [-0.1, -0.05) is 0 Å². The first-order chi connectivity index (χ1) is 7.16. The Bertz CT molecular complexity index is 492. The van der Waals surface area contributed by atoms with Crippen molar-refractivity contribution in [3.63, 3.8) is 0 Å². The Kier molecular flexibility index (Phi) is 2.83. The molecule has 15 heavy (non-hydrogen) atoms. The number of rotatable bonds is 2. The minimum absolute atomic E-state index is 0.179. The number of carbonyl (C=O) groups is 1. The minimum atomic E-state index is -0.179. The molecule has 1 N–H and O–H groups in total. The monoisotopic (exact) mass is 286 g/mol. The molecule has 1 amide bonds. The molecule has 0 aliphatic heterocycles. The van der Waals surface area contributed by atoms with Crippen LogP contribution < -0.4 is 5.32 Å². The van der Waals surface area contributed by atoms with Gasteiger partial charge in [0.25, 0.3) is 5.91 Å². The van der Waals surface area contributed by atoms with Gasteiger partial charge in [-0.2, -0.15) is 10.1 Å². The Hall–Kier alpha value is -1.21. The van der Waals surface area contributed by atoms with Gasteiger partial charge in [0.05, 0.1) is 8.66 Å². The van der Waals surface area contributed by atoms with Gasteiger partial charge in [-0.05, 0) is 28.1 Å². The van der Waals surface area contributed by atoms with Crippen molar-refractivity contribution >= 4 is 39.1 Å². The van der Waals surface area contributed by atoms with Gasteiger partial charge in [0.2, 0.25) is 5.95 Å². The lowest BCUT2D eigenvalue weighted by Gasteiger charge is -2.00. The third kappa shape index (κ3) is 2.24. The van der Waals surface area contributed by atoms with E-state index in [-0.39, 0.29) is 5.91 Å². The Morgan fingerprint density at radius 1 is 1.60 bits per heavy atom. The van der Waals surface area contributed by atoms with Crippen molar-refractivity contribution in [3.8, 4) is 0 Å². The quantitative estimate of drug-likeness (QED) is 0.917. The van der Waals surface area contributed by atoms with Crippen LogP contribution in [0.15, 0.2) is 22.2 Å². The van der Waals surface area contributed by atoms with E-state index >= 15 is 0 Å². The molecular formula is C8H7BrN4OS. The molecule has 0 radical (unpaired) electrons. The Balaban J connectivity index is 2.14. The van der Waals surface area contributed by atoms with E-state index in [4.69, 9.17) is 0 Å². The number of thiophene rings is 1. The van der Waals surface area contributed by atoms with E-state index in [0.29, 0.717) is 10.8 Å². The van der Waals surface area contributed by atoms with Gasteiger partial charge in [-0.15, -0.1) is 11.3 Å². The number of amides is 1. The van der Waals surface area contributed by atoms with Crippen LogP contribution in [0, 0.1) is 0 Å². The second kappa shape index (κ2) is 4.11.